The highest BCUT2D eigenvalue weighted by Gasteiger charge is 2.32. The Balaban J connectivity index is 2.09. The van der Waals surface area contributed by atoms with E-state index in [-0.39, 0.29) is 0 Å². The molecule has 0 unspecified atom stereocenters. The molecule has 0 aromatic rings. The van der Waals surface area contributed by atoms with Gasteiger partial charge in [-0.25, -0.2) is 4.79 Å². The summed E-state index contributed by atoms with van der Waals surface area (Å²) in [7, 11) is 0. The summed E-state index contributed by atoms with van der Waals surface area (Å²) in [5.74, 6) is 0.988. The summed E-state index contributed by atoms with van der Waals surface area (Å²) in [4.78, 5) is 12.5. The van der Waals surface area contributed by atoms with Crippen LogP contribution in [0.5, 0.6) is 0 Å². The van der Waals surface area contributed by atoms with Crippen molar-refractivity contribution in [2.45, 2.75) is 31.7 Å². The predicted molar refractivity (Wildman–Crippen MR) is 53.0 cm³/mol. The molecule has 1 saturated heterocycles. The Hall–Kier alpha value is -0.770. The maximum atomic E-state index is 10.9. The number of carboxylic acid groups (broad SMARTS) is 1. The molecule has 0 aromatic carbocycles. The third-order valence-corrected chi connectivity index (χ3v) is 3.48. The molecule has 2 bridgehead atoms. The third kappa shape index (κ3) is 2.00. The van der Waals surface area contributed by atoms with Gasteiger partial charge in [-0.2, -0.15) is 0 Å². The lowest BCUT2D eigenvalue weighted by atomic mass is 9.96. The van der Waals surface area contributed by atoms with Crippen molar-refractivity contribution in [1.29, 1.82) is 0 Å². The van der Waals surface area contributed by atoms with Gasteiger partial charge in [0.25, 0.3) is 0 Å². The Morgan fingerprint density at radius 3 is 2.14 bits per heavy atom. The van der Waals surface area contributed by atoms with E-state index >= 15 is 0 Å². The van der Waals surface area contributed by atoms with Crippen molar-refractivity contribution in [2.24, 2.45) is 17.6 Å². The minimum atomic E-state index is -0.766. The van der Waals surface area contributed by atoms with Crippen LogP contribution in [0.4, 0.5) is 4.79 Å². The van der Waals surface area contributed by atoms with Gasteiger partial charge in [0.15, 0.2) is 0 Å². The number of likely N-dealkylation sites (tertiary alicyclic amines) is 1. The Morgan fingerprint density at radius 2 is 1.71 bits per heavy atom. The molecule has 1 aliphatic heterocycles. The Labute approximate surface area is 84.1 Å². The molecule has 0 radical (unpaired) electrons. The molecule has 1 aliphatic carbocycles. The molecule has 4 nitrogen and oxygen atoms in total. The van der Waals surface area contributed by atoms with E-state index in [2.05, 4.69) is 0 Å². The number of hydrogen-bond acceptors (Lipinski definition) is 2. The highest BCUT2D eigenvalue weighted by atomic mass is 16.4. The molecule has 1 amide bonds. The van der Waals surface area contributed by atoms with E-state index in [9.17, 15) is 4.79 Å². The Bertz CT molecular complexity index is 216. The van der Waals surface area contributed by atoms with Crippen molar-refractivity contribution in [1.82, 2.24) is 4.90 Å². The average Bonchev–Trinajstić information content (AvgIpc) is 2.34. The van der Waals surface area contributed by atoms with Gasteiger partial charge < -0.3 is 15.7 Å². The van der Waals surface area contributed by atoms with Gasteiger partial charge >= 0.3 is 6.09 Å². The zero-order valence-electron chi connectivity index (χ0n) is 8.35. The van der Waals surface area contributed by atoms with Crippen LogP contribution in [0.1, 0.15) is 25.7 Å². The van der Waals surface area contributed by atoms with Gasteiger partial charge in [-0.05, 0) is 37.5 Å². The first-order chi connectivity index (χ1) is 6.65. The quantitative estimate of drug-likeness (QED) is 0.612. The molecular formula is C10H18N2O2. The second-order valence-electron chi connectivity index (χ2n) is 4.73. The lowest BCUT2D eigenvalue weighted by molar-refractivity contribution is 0.126. The zero-order valence-corrected chi connectivity index (χ0v) is 8.35. The zero-order chi connectivity index (χ0) is 10.1. The molecule has 0 aromatic heterocycles. The number of hydrogen-bond donors (Lipinski definition) is 2. The molecule has 2 aliphatic rings. The van der Waals surface area contributed by atoms with Gasteiger partial charge in [-0.3, -0.25) is 0 Å². The van der Waals surface area contributed by atoms with E-state index in [0.29, 0.717) is 31.0 Å². The van der Waals surface area contributed by atoms with Crippen LogP contribution in [0.15, 0.2) is 0 Å². The van der Waals surface area contributed by atoms with Crippen LogP contribution in [0, 0.1) is 11.8 Å². The summed E-state index contributed by atoms with van der Waals surface area (Å²) in [6.45, 7) is 1.39. The maximum absolute atomic E-state index is 10.9. The largest absolute Gasteiger partial charge is 0.465 e. The number of amides is 1. The van der Waals surface area contributed by atoms with Crippen LogP contribution >= 0.6 is 0 Å². The van der Waals surface area contributed by atoms with E-state index in [1.54, 1.807) is 4.90 Å². The fourth-order valence-corrected chi connectivity index (χ4v) is 2.85. The SMILES string of the molecule is N[C@H]1C[C@H]2CC[C@@H](C1)CN(C(=O)O)C2. The Kier molecular flexibility index (Phi) is 2.63. The summed E-state index contributed by atoms with van der Waals surface area (Å²) in [5, 5.41) is 8.98. The second-order valence-corrected chi connectivity index (χ2v) is 4.73. The monoisotopic (exact) mass is 198 g/mol. The molecule has 80 valence electrons. The summed E-state index contributed by atoms with van der Waals surface area (Å²) in [6, 6.07) is 0.295. The molecule has 0 spiro atoms. The van der Waals surface area contributed by atoms with Crippen molar-refractivity contribution in [3.05, 3.63) is 0 Å². The van der Waals surface area contributed by atoms with E-state index in [0.717, 1.165) is 25.7 Å². The molecule has 1 heterocycles. The number of carbonyl (C=O) groups is 1. The number of nitrogens with zero attached hydrogens (tertiary/aromatic N) is 1. The highest BCUT2D eigenvalue weighted by Crippen LogP contribution is 2.31. The Morgan fingerprint density at radius 1 is 1.21 bits per heavy atom. The molecule has 2 rings (SSSR count). The van der Waals surface area contributed by atoms with Gasteiger partial charge in [0.1, 0.15) is 0 Å². The lowest BCUT2D eigenvalue weighted by Gasteiger charge is -2.28. The first-order valence-electron chi connectivity index (χ1n) is 5.38. The summed E-state index contributed by atoms with van der Waals surface area (Å²) in [6.07, 6.45) is 3.54. The molecule has 1 saturated carbocycles. The van der Waals surface area contributed by atoms with Crippen LogP contribution in [-0.4, -0.2) is 35.2 Å². The predicted octanol–water partition coefficient (Wildman–Crippen LogP) is 1.11. The van der Waals surface area contributed by atoms with Crippen molar-refractivity contribution >= 4 is 6.09 Å². The number of fused-ring (bicyclic) bond motifs is 3. The second kappa shape index (κ2) is 3.77. The van der Waals surface area contributed by atoms with E-state index in [1.165, 1.54) is 0 Å². The van der Waals surface area contributed by atoms with Gasteiger partial charge in [0.2, 0.25) is 0 Å². The number of nitrogens with two attached hydrogens (primary N) is 1. The maximum Gasteiger partial charge on any atom is 0.407 e. The van der Waals surface area contributed by atoms with Crippen LogP contribution in [0.2, 0.25) is 0 Å². The minimum absolute atomic E-state index is 0.295. The van der Waals surface area contributed by atoms with Crippen LogP contribution in [0.3, 0.4) is 0 Å². The average molecular weight is 198 g/mol. The van der Waals surface area contributed by atoms with Crippen molar-refractivity contribution < 1.29 is 9.90 Å². The highest BCUT2D eigenvalue weighted by molar-refractivity contribution is 5.65. The molecule has 14 heavy (non-hydrogen) atoms. The fraction of sp³-hybridized carbons (Fsp3) is 0.900. The first-order valence-corrected chi connectivity index (χ1v) is 5.38. The summed E-state index contributed by atoms with van der Waals surface area (Å²) >= 11 is 0. The van der Waals surface area contributed by atoms with Crippen molar-refractivity contribution in [3.63, 3.8) is 0 Å². The summed E-state index contributed by atoms with van der Waals surface area (Å²) in [5.41, 5.74) is 5.98. The minimum Gasteiger partial charge on any atom is -0.465 e. The fourth-order valence-electron chi connectivity index (χ4n) is 2.85. The van der Waals surface area contributed by atoms with Crippen LogP contribution < -0.4 is 5.73 Å². The third-order valence-electron chi connectivity index (χ3n) is 3.48. The molecule has 2 fully saturated rings. The molecular weight excluding hydrogens is 180 g/mol. The van der Waals surface area contributed by atoms with Crippen LogP contribution in [0.25, 0.3) is 0 Å². The van der Waals surface area contributed by atoms with Crippen molar-refractivity contribution in [3.8, 4) is 0 Å². The first kappa shape index (κ1) is 9.77. The van der Waals surface area contributed by atoms with E-state index < -0.39 is 6.09 Å². The van der Waals surface area contributed by atoms with Gasteiger partial charge in [-0.1, -0.05) is 0 Å². The van der Waals surface area contributed by atoms with Crippen LogP contribution in [-0.2, 0) is 0 Å². The molecule has 3 N–H and O–H groups in total. The van der Waals surface area contributed by atoms with E-state index in [1.807, 2.05) is 0 Å². The molecule has 4 heteroatoms. The number of rotatable bonds is 0. The normalized spacial score (nSPS) is 37.8. The molecule has 3 atom stereocenters. The smallest absolute Gasteiger partial charge is 0.407 e. The van der Waals surface area contributed by atoms with E-state index in [4.69, 9.17) is 10.8 Å². The topological polar surface area (TPSA) is 66.6 Å². The standard InChI is InChI=1S/C10H18N2O2/c11-9-3-7-1-2-8(4-9)6-12(5-7)10(13)14/h7-9H,1-6,11H2,(H,13,14)/t7-,8+,9+. The van der Waals surface area contributed by atoms with Gasteiger partial charge in [-0.15, -0.1) is 0 Å². The van der Waals surface area contributed by atoms with Gasteiger partial charge in [0, 0.05) is 19.1 Å². The van der Waals surface area contributed by atoms with Crippen molar-refractivity contribution in [2.75, 3.05) is 13.1 Å². The lowest BCUT2D eigenvalue weighted by Crippen LogP contribution is -2.40. The van der Waals surface area contributed by atoms with Gasteiger partial charge in [0.05, 0.1) is 0 Å². The summed E-state index contributed by atoms with van der Waals surface area (Å²) < 4.78 is 0.